The second-order valence-electron chi connectivity index (χ2n) is 9.28. The standard InChI is InChI=1S/C26H32O14/c1-11(27)35-9-17-25(37-13(3)29)21(33)19(31)23(39-17)15-5-7-16(8-6-15)24-20(32)22(34)26(38-14(4)30)18(40-24)10-36-12(2)28/h5-8,17-19,21,23-26,31-34H,9-10H2,1-4H3/t17-,18-,19+,21-,23-,24-,25-,26-/m1/s1. The molecule has 3 rings (SSSR count). The van der Waals surface area contributed by atoms with E-state index in [0.717, 1.165) is 20.8 Å². The lowest BCUT2D eigenvalue weighted by Gasteiger charge is -2.42. The summed E-state index contributed by atoms with van der Waals surface area (Å²) in [5, 5.41) is 42.6. The second kappa shape index (κ2) is 13.1. The Morgan fingerprint density at radius 2 is 1.23 bits per heavy atom. The zero-order chi connectivity index (χ0) is 29.7. The van der Waals surface area contributed by atoms with Crippen molar-refractivity contribution in [1.82, 2.24) is 0 Å². The van der Waals surface area contributed by atoms with E-state index in [-0.39, 0.29) is 13.2 Å². The molecular formula is C26H32O14. The zero-order valence-electron chi connectivity index (χ0n) is 22.2. The van der Waals surface area contributed by atoms with Gasteiger partial charge < -0.3 is 48.8 Å². The molecule has 0 aliphatic carbocycles. The van der Waals surface area contributed by atoms with E-state index in [0.29, 0.717) is 11.1 Å². The van der Waals surface area contributed by atoms with Crippen LogP contribution in [0.2, 0.25) is 0 Å². The van der Waals surface area contributed by atoms with Crippen LogP contribution >= 0.6 is 0 Å². The Morgan fingerprint density at radius 1 is 0.700 bits per heavy atom. The van der Waals surface area contributed by atoms with Crippen molar-refractivity contribution in [3.05, 3.63) is 46.9 Å². The van der Waals surface area contributed by atoms with E-state index in [9.17, 15) is 39.6 Å². The average molecular weight is 569 g/mol. The van der Waals surface area contributed by atoms with E-state index < -0.39 is 84.2 Å². The molecule has 2 aliphatic rings. The number of rotatable bonds is 8. The highest BCUT2D eigenvalue weighted by Gasteiger charge is 2.47. The van der Waals surface area contributed by atoms with Gasteiger partial charge in [0.1, 0.15) is 49.8 Å². The summed E-state index contributed by atoms with van der Waals surface area (Å²) >= 11 is 0. The number of hydrogen-bond donors (Lipinski definition) is 4. The third kappa shape index (κ3) is 7.27. The SMILES string of the molecule is CC(=O)OC[C@H]1O[C@H](c2ccc([C@H]3O[C@H](COC(C)=O)[C@@H](OC(C)=O)C(O)=C3O)cc2)[C@@H](O)[C@@H](O)[C@@H]1OC(C)=O. The van der Waals surface area contributed by atoms with Crippen LogP contribution in [0.4, 0.5) is 0 Å². The highest BCUT2D eigenvalue weighted by atomic mass is 16.6. The van der Waals surface area contributed by atoms with Gasteiger partial charge in [-0.3, -0.25) is 19.2 Å². The fourth-order valence-electron chi connectivity index (χ4n) is 4.39. The number of carbonyl (C=O) groups excluding carboxylic acids is 4. The minimum absolute atomic E-state index is 0.321. The lowest BCUT2D eigenvalue weighted by atomic mass is 9.90. The van der Waals surface area contributed by atoms with E-state index in [1.165, 1.54) is 31.2 Å². The Bertz CT molecular complexity index is 1130. The first-order chi connectivity index (χ1) is 18.8. The molecule has 1 aromatic carbocycles. The first kappa shape index (κ1) is 30.8. The molecule has 8 atom stereocenters. The van der Waals surface area contributed by atoms with E-state index in [1.807, 2.05) is 0 Å². The highest BCUT2D eigenvalue weighted by Crippen LogP contribution is 2.38. The minimum Gasteiger partial charge on any atom is -0.506 e. The molecule has 14 heteroatoms. The summed E-state index contributed by atoms with van der Waals surface area (Å²) < 4.78 is 31.8. The van der Waals surface area contributed by atoms with Crippen LogP contribution < -0.4 is 0 Å². The van der Waals surface area contributed by atoms with Gasteiger partial charge in [-0.25, -0.2) is 0 Å². The van der Waals surface area contributed by atoms with Crippen molar-refractivity contribution in [1.29, 1.82) is 0 Å². The van der Waals surface area contributed by atoms with Gasteiger partial charge >= 0.3 is 23.9 Å². The summed E-state index contributed by atoms with van der Waals surface area (Å²) in [6.45, 7) is 3.82. The average Bonchev–Trinajstić information content (AvgIpc) is 2.88. The number of ether oxygens (including phenoxy) is 6. The summed E-state index contributed by atoms with van der Waals surface area (Å²) in [7, 11) is 0. The molecule has 1 saturated heterocycles. The molecule has 40 heavy (non-hydrogen) atoms. The quantitative estimate of drug-likeness (QED) is 0.251. The molecule has 0 radical (unpaired) electrons. The Hall–Kier alpha value is -3.72. The maximum absolute atomic E-state index is 11.5. The van der Waals surface area contributed by atoms with Crippen molar-refractivity contribution in [3.63, 3.8) is 0 Å². The molecule has 2 aliphatic heterocycles. The van der Waals surface area contributed by atoms with Gasteiger partial charge in [0.05, 0.1) is 0 Å². The lowest BCUT2D eigenvalue weighted by Crippen LogP contribution is -2.57. The minimum atomic E-state index is -1.58. The predicted octanol–water partition coefficient (Wildman–Crippen LogP) is 0.605. The zero-order valence-corrected chi connectivity index (χ0v) is 22.2. The molecule has 0 spiro atoms. The van der Waals surface area contributed by atoms with Crippen LogP contribution in [-0.2, 0) is 47.6 Å². The van der Waals surface area contributed by atoms with Crippen molar-refractivity contribution in [3.8, 4) is 0 Å². The van der Waals surface area contributed by atoms with Gasteiger partial charge in [0.2, 0.25) is 0 Å². The smallest absolute Gasteiger partial charge is 0.303 e. The molecule has 0 saturated carbocycles. The van der Waals surface area contributed by atoms with Gasteiger partial charge in [-0.2, -0.15) is 0 Å². The van der Waals surface area contributed by atoms with E-state index in [1.54, 1.807) is 0 Å². The van der Waals surface area contributed by atoms with Gasteiger partial charge in [0, 0.05) is 27.7 Å². The van der Waals surface area contributed by atoms with Crippen LogP contribution in [0.15, 0.2) is 35.8 Å². The van der Waals surface area contributed by atoms with Crippen LogP contribution in [-0.4, -0.2) is 94.1 Å². The molecule has 2 heterocycles. The van der Waals surface area contributed by atoms with Crippen molar-refractivity contribution >= 4 is 23.9 Å². The number of aliphatic hydroxyl groups excluding tert-OH is 4. The van der Waals surface area contributed by atoms with Crippen molar-refractivity contribution < 1.29 is 68.0 Å². The van der Waals surface area contributed by atoms with Crippen LogP contribution in [0, 0.1) is 0 Å². The molecule has 14 nitrogen and oxygen atoms in total. The van der Waals surface area contributed by atoms with Gasteiger partial charge in [-0.05, 0) is 11.1 Å². The second-order valence-corrected chi connectivity index (χ2v) is 9.28. The summed E-state index contributed by atoms with van der Waals surface area (Å²) in [5.74, 6) is -4.07. The number of hydrogen-bond acceptors (Lipinski definition) is 14. The van der Waals surface area contributed by atoms with Gasteiger partial charge in [0.25, 0.3) is 0 Å². The van der Waals surface area contributed by atoms with Crippen LogP contribution in [0.3, 0.4) is 0 Å². The largest absolute Gasteiger partial charge is 0.506 e. The number of aliphatic hydroxyl groups is 4. The van der Waals surface area contributed by atoms with E-state index in [2.05, 4.69) is 0 Å². The monoisotopic (exact) mass is 568 g/mol. The molecule has 0 amide bonds. The van der Waals surface area contributed by atoms with Gasteiger partial charge in [0.15, 0.2) is 23.7 Å². The van der Waals surface area contributed by atoms with Crippen LogP contribution in [0.1, 0.15) is 51.0 Å². The van der Waals surface area contributed by atoms with Crippen LogP contribution in [0.25, 0.3) is 0 Å². The Balaban J connectivity index is 1.86. The first-order valence-electron chi connectivity index (χ1n) is 12.3. The molecule has 1 aromatic rings. The molecule has 0 aromatic heterocycles. The van der Waals surface area contributed by atoms with Crippen LogP contribution in [0.5, 0.6) is 0 Å². The number of carbonyl (C=O) groups is 4. The maximum Gasteiger partial charge on any atom is 0.303 e. The first-order valence-corrected chi connectivity index (χ1v) is 12.3. The molecule has 1 fully saturated rings. The summed E-state index contributed by atoms with van der Waals surface area (Å²) in [6.07, 6.45) is -10.4. The van der Waals surface area contributed by atoms with Gasteiger partial charge in [-0.1, -0.05) is 24.3 Å². The molecule has 0 unspecified atom stereocenters. The highest BCUT2D eigenvalue weighted by molar-refractivity contribution is 5.67. The van der Waals surface area contributed by atoms with Crippen molar-refractivity contribution in [2.24, 2.45) is 0 Å². The fourth-order valence-corrected chi connectivity index (χ4v) is 4.39. The third-order valence-electron chi connectivity index (χ3n) is 6.18. The Morgan fingerprint density at radius 3 is 1.75 bits per heavy atom. The normalized spacial score (nSPS) is 30.2. The third-order valence-corrected chi connectivity index (χ3v) is 6.18. The Kier molecular flexibility index (Phi) is 10.1. The molecule has 220 valence electrons. The van der Waals surface area contributed by atoms with E-state index in [4.69, 9.17) is 28.4 Å². The van der Waals surface area contributed by atoms with Crippen molar-refractivity contribution in [2.45, 2.75) is 76.5 Å². The maximum atomic E-state index is 11.5. The fraction of sp³-hybridized carbons (Fsp3) is 0.538. The Labute approximate surface area is 229 Å². The summed E-state index contributed by atoms with van der Waals surface area (Å²) in [5.41, 5.74) is 0.684. The lowest BCUT2D eigenvalue weighted by molar-refractivity contribution is -0.242. The van der Waals surface area contributed by atoms with Gasteiger partial charge in [-0.15, -0.1) is 0 Å². The summed E-state index contributed by atoms with van der Waals surface area (Å²) in [4.78, 5) is 45.7. The molecular weight excluding hydrogens is 536 g/mol. The molecule has 0 bridgehead atoms. The molecule has 4 N–H and O–H groups in total. The van der Waals surface area contributed by atoms with E-state index >= 15 is 0 Å². The summed E-state index contributed by atoms with van der Waals surface area (Å²) in [6, 6.07) is 5.97. The predicted molar refractivity (Wildman–Crippen MR) is 130 cm³/mol. The number of esters is 4. The number of benzene rings is 1. The van der Waals surface area contributed by atoms with Crippen molar-refractivity contribution in [2.75, 3.05) is 13.2 Å². The topological polar surface area (TPSA) is 205 Å².